The number of nitrogens with zero attached hydrogens (tertiary/aromatic N) is 2. The molecule has 150 valence electrons. The van der Waals surface area contributed by atoms with Gasteiger partial charge >= 0.3 is 0 Å². The van der Waals surface area contributed by atoms with Crippen molar-refractivity contribution < 1.29 is 17.9 Å². The van der Waals surface area contributed by atoms with Gasteiger partial charge in [-0.2, -0.15) is 4.31 Å². The summed E-state index contributed by atoms with van der Waals surface area (Å²) in [5.74, 6) is -0.400. The molecule has 2 atom stereocenters. The first-order valence-corrected chi connectivity index (χ1v) is 10.7. The van der Waals surface area contributed by atoms with Crippen LogP contribution in [0.1, 0.15) is 29.9 Å². The Labute approximate surface area is 169 Å². The van der Waals surface area contributed by atoms with E-state index in [2.05, 4.69) is 10.3 Å². The fourth-order valence-electron chi connectivity index (χ4n) is 3.08. The van der Waals surface area contributed by atoms with Gasteiger partial charge in [0.2, 0.25) is 10.0 Å². The number of carbonyl (C=O) groups excluding carboxylic acids is 1. The number of ether oxygens (including phenoxy) is 1. The Bertz CT molecular complexity index is 943. The number of rotatable bonds is 5. The van der Waals surface area contributed by atoms with Gasteiger partial charge in [0.1, 0.15) is 4.90 Å². The molecule has 1 aliphatic rings. The van der Waals surface area contributed by atoms with Gasteiger partial charge in [-0.25, -0.2) is 8.42 Å². The number of benzene rings is 1. The van der Waals surface area contributed by atoms with E-state index in [4.69, 9.17) is 16.3 Å². The van der Waals surface area contributed by atoms with Crippen LogP contribution in [-0.2, 0) is 21.3 Å². The highest BCUT2D eigenvalue weighted by Crippen LogP contribution is 2.28. The molecule has 1 fully saturated rings. The van der Waals surface area contributed by atoms with Crippen LogP contribution in [0.25, 0.3) is 0 Å². The van der Waals surface area contributed by atoms with Crippen molar-refractivity contribution in [2.45, 2.75) is 37.5 Å². The molecule has 28 heavy (non-hydrogen) atoms. The Hall–Kier alpha value is -2.00. The lowest BCUT2D eigenvalue weighted by Crippen LogP contribution is -2.48. The Morgan fingerprint density at radius 3 is 2.61 bits per heavy atom. The third-order valence-corrected chi connectivity index (χ3v) is 6.67. The van der Waals surface area contributed by atoms with Crippen LogP contribution < -0.4 is 5.32 Å². The number of pyridine rings is 1. The molecule has 1 amide bonds. The average molecular weight is 424 g/mol. The van der Waals surface area contributed by atoms with Crippen LogP contribution in [0.5, 0.6) is 0 Å². The van der Waals surface area contributed by atoms with Gasteiger partial charge in [0.25, 0.3) is 5.91 Å². The van der Waals surface area contributed by atoms with Gasteiger partial charge in [-0.15, -0.1) is 0 Å². The van der Waals surface area contributed by atoms with Gasteiger partial charge in [-0.05, 0) is 44.2 Å². The van der Waals surface area contributed by atoms with Crippen molar-refractivity contribution in [3.63, 3.8) is 0 Å². The third-order valence-electron chi connectivity index (χ3n) is 4.35. The molecule has 0 saturated carbocycles. The lowest BCUT2D eigenvalue weighted by molar-refractivity contribution is -0.0440. The van der Waals surface area contributed by atoms with Crippen molar-refractivity contribution >= 4 is 27.5 Å². The Kier molecular flexibility index (Phi) is 6.34. The lowest BCUT2D eigenvalue weighted by atomic mass is 10.2. The molecule has 2 aromatic rings. The number of sulfonamides is 1. The highest BCUT2D eigenvalue weighted by atomic mass is 35.5. The number of morpholine rings is 1. The Morgan fingerprint density at radius 1 is 1.25 bits per heavy atom. The molecule has 7 nitrogen and oxygen atoms in total. The first-order chi connectivity index (χ1) is 13.3. The van der Waals surface area contributed by atoms with Gasteiger partial charge in [-0.1, -0.05) is 17.7 Å². The number of halogens is 1. The Morgan fingerprint density at radius 2 is 1.96 bits per heavy atom. The summed E-state index contributed by atoms with van der Waals surface area (Å²) in [7, 11) is -3.85. The Balaban J connectivity index is 1.81. The van der Waals surface area contributed by atoms with E-state index in [0.717, 1.165) is 0 Å². The molecule has 1 aliphatic heterocycles. The molecule has 1 saturated heterocycles. The van der Waals surface area contributed by atoms with Crippen LogP contribution >= 0.6 is 11.6 Å². The predicted octanol–water partition coefficient (Wildman–Crippen LogP) is 2.46. The second-order valence-electron chi connectivity index (χ2n) is 6.73. The number of amides is 1. The van der Waals surface area contributed by atoms with Gasteiger partial charge < -0.3 is 10.1 Å². The number of carbonyl (C=O) groups is 1. The molecular weight excluding hydrogens is 402 g/mol. The number of hydrogen-bond donors (Lipinski definition) is 1. The van der Waals surface area contributed by atoms with Crippen molar-refractivity contribution in [2.75, 3.05) is 13.1 Å². The molecule has 0 unspecified atom stereocenters. The maximum absolute atomic E-state index is 13.1. The average Bonchev–Trinajstić information content (AvgIpc) is 2.66. The molecule has 1 aromatic heterocycles. The van der Waals surface area contributed by atoms with Crippen LogP contribution in [0.15, 0.2) is 47.5 Å². The molecule has 1 aromatic carbocycles. The first kappa shape index (κ1) is 20.7. The molecule has 0 spiro atoms. The lowest BCUT2D eigenvalue weighted by Gasteiger charge is -2.34. The first-order valence-electron chi connectivity index (χ1n) is 8.90. The summed E-state index contributed by atoms with van der Waals surface area (Å²) < 4.78 is 33.1. The fraction of sp³-hybridized carbons (Fsp3) is 0.368. The van der Waals surface area contributed by atoms with Gasteiger partial charge in [0.05, 0.1) is 29.5 Å². The number of hydrogen-bond acceptors (Lipinski definition) is 5. The molecule has 2 heterocycles. The molecular formula is C19H22ClN3O4S. The van der Waals surface area contributed by atoms with Gasteiger partial charge in [0.15, 0.2) is 0 Å². The predicted molar refractivity (Wildman–Crippen MR) is 106 cm³/mol. The summed E-state index contributed by atoms with van der Waals surface area (Å²) in [6.07, 6.45) is 1.20. The van der Waals surface area contributed by atoms with E-state index in [-0.39, 0.29) is 47.3 Å². The van der Waals surface area contributed by atoms with Crippen LogP contribution in [0.4, 0.5) is 0 Å². The van der Waals surface area contributed by atoms with E-state index in [9.17, 15) is 13.2 Å². The SMILES string of the molecule is C[C@@H]1CN(S(=O)(=O)c2cc(C(=O)NCc3ccccn3)ccc2Cl)C[C@H](C)O1. The zero-order valence-corrected chi connectivity index (χ0v) is 17.2. The van der Waals surface area contributed by atoms with Crippen molar-refractivity contribution in [1.82, 2.24) is 14.6 Å². The summed E-state index contributed by atoms with van der Waals surface area (Å²) in [6.45, 7) is 4.35. The quantitative estimate of drug-likeness (QED) is 0.798. The fourth-order valence-corrected chi connectivity index (χ4v) is 5.17. The number of aromatic nitrogens is 1. The molecule has 0 bridgehead atoms. The molecule has 0 aliphatic carbocycles. The maximum Gasteiger partial charge on any atom is 0.251 e. The second kappa shape index (κ2) is 8.57. The van der Waals surface area contributed by atoms with Crippen molar-refractivity contribution in [1.29, 1.82) is 0 Å². The number of nitrogens with one attached hydrogen (secondary N) is 1. The highest BCUT2D eigenvalue weighted by molar-refractivity contribution is 7.89. The van der Waals surface area contributed by atoms with Gasteiger partial charge in [-0.3, -0.25) is 9.78 Å². The highest BCUT2D eigenvalue weighted by Gasteiger charge is 2.33. The standard InChI is InChI=1S/C19H22ClN3O4S/c1-13-11-23(12-14(2)27-13)28(25,26)18-9-15(6-7-17(18)20)19(24)22-10-16-5-3-4-8-21-16/h3-9,13-14H,10-12H2,1-2H3,(H,22,24)/t13-,14+. The van der Waals surface area contributed by atoms with E-state index in [1.807, 2.05) is 19.9 Å². The second-order valence-corrected chi connectivity index (χ2v) is 9.04. The van der Waals surface area contributed by atoms with Crippen LogP contribution in [0.3, 0.4) is 0 Å². The normalized spacial score (nSPS) is 20.7. The van der Waals surface area contributed by atoms with E-state index in [1.54, 1.807) is 18.3 Å². The van der Waals surface area contributed by atoms with Crippen LogP contribution in [-0.4, -0.2) is 48.9 Å². The van der Waals surface area contributed by atoms with Crippen molar-refractivity contribution in [2.24, 2.45) is 0 Å². The van der Waals surface area contributed by atoms with Crippen molar-refractivity contribution in [3.05, 3.63) is 58.9 Å². The minimum absolute atomic E-state index is 0.0769. The van der Waals surface area contributed by atoms with E-state index in [0.29, 0.717) is 5.69 Å². The summed E-state index contributed by atoms with van der Waals surface area (Å²) >= 11 is 6.17. The summed E-state index contributed by atoms with van der Waals surface area (Å²) in [5.41, 5.74) is 0.919. The minimum atomic E-state index is -3.85. The summed E-state index contributed by atoms with van der Waals surface area (Å²) in [4.78, 5) is 16.5. The molecule has 0 radical (unpaired) electrons. The monoisotopic (exact) mass is 423 g/mol. The largest absolute Gasteiger partial charge is 0.373 e. The zero-order valence-electron chi connectivity index (χ0n) is 15.6. The van der Waals surface area contributed by atoms with E-state index < -0.39 is 15.9 Å². The topological polar surface area (TPSA) is 88.6 Å². The van der Waals surface area contributed by atoms with E-state index in [1.165, 1.54) is 22.5 Å². The maximum atomic E-state index is 13.1. The molecule has 9 heteroatoms. The van der Waals surface area contributed by atoms with Gasteiger partial charge in [0, 0.05) is 24.8 Å². The summed E-state index contributed by atoms with van der Waals surface area (Å²) in [5, 5.41) is 2.81. The summed E-state index contributed by atoms with van der Waals surface area (Å²) in [6, 6.07) is 9.65. The zero-order chi connectivity index (χ0) is 20.3. The molecule has 1 N–H and O–H groups in total. The van der Waals surface area contributed by atoms with E-state index >= 15 is 0 Å². The minimum Gasteiger partial charge on any atom is -0.373 e. The van der Waals surface area contributed by atoms with Crippen LogP contribution in [0, 0.1) is 0 Å². The molecule has 3 rings (SSSR count). The third kappa shape index (κ3) is 4.70. The smallest absolute Gasteiger partial charge is 0.251 e. The van der Waals surface area contributed by atoms with Crippen molar-refractivity contribution in [3.8, 4) is 0 Å². The van der Waals surface area contributed by atoms with Crippen LogP contribution in [0.2, 0.25) is 5.02 Å².